The highest BCUT2D eigenvalue weighted by Crippen LogP contribution is 2.22. The summed E-state index contributed by atoms with van der Waals surface area (Å²) in [5.41, 5.74) is 1.91. The van der Waals surface area contributed by atoms with Gasteiger partial charge in [-0.25, -0.2) is 4.79 Å². The first-order chi connectivity index (χ1) is 16.8. The van der Waals surface area contributed by atoms with E-state index >= 15 is 0 Å². The van der Waals surface area contributed by atoms with Crippen molar-refractivity contribution in [3.05, 3.63) is 65.5 Å². The third kappa shape index (κ3) is 9.68. The van der Waals surface area contributed by atoms with E-state index in [9.17, 15) is 14.4 Å². The molecule has 36 heavy (non-hydrogen) atoms. The van der Waals surface area contributed by atoms with Crippen LogP contribution in [-0.4, -0.2) is 52.5 Å². The fraction of sp³-hybridized carbons (Fsp3) is 0.500. The molecule has 0 radical (unpaired) electrons. The molecule has 0 saturated heterocycles. The number of pyridine rings is 1. The van der Waals surface area contributed by atoms with Crippen LogP contribution in [0.5, 0.6) is 0 Å². The van der Waals surface area contributed by atoms with Crippen molar-refractivity contribution in [1.29, 1.82) is 0 Å². The molecule has 0 saturated carbocycles. The molecule has 1 atom stereocenters. The molecule has 0 aliphatic heterocycles. The highest BCUT2D eigenvalue weighted by atomic mass is 16.6. The molecule has 1 unspecified atom stereocenters. The lowest BCUT2D eigenvalue weighted by molar-refractivity contribution is -0.122. The van der Waals surface area contributed by atoms with E-state index < -0.39 is 17.7 Å². The van der Waals surface area contributed by atoms with Gasteiger partial charge in [0.15, 0.2) is 0 Å². The molecular formula is C28H40N4O4. The first-order valence-electron chi connectivity index (χ1n) is 12.3. The number of carbonyl (C=O) groups excluding carboxylic acids is 3. The lowest BCUT2D eigenvalue weighted by atomic mass is 9.86. The van der Waals surface area contributed by atoms with Crippen LogP contribution in [0.4, 0.5) is 4.79 Å². The topological polar surface area (TPSA) is 101 Å². The zero-order chi connectivity index (χ0) is 26.9. The van der Waals surface area contributed by atoms with Gasteiger partial charge in [0.2, 0.25) is 5.91 Å². The fourth-order valence-electron chi connectivity index (χ4n) is 3.38. The van der Waals surface area contributed by atoms with Gasteiger partial charge in [0.25, 0.3) is 5.91 Å². The van der Waals surface area contributed by atoms with Crippen LogP contribution in [0.15, 0.2) is 48.8 Å². The Bertz CT molecular complexity index is 1010. The average molecular weight is 497 g/mol. The summed E-state index contributed by atoms with van der Waals surface area (Å²) >= 11 is 0. The highest BCUT2D eigenvalue weighted by molar-refractivity contribution is 5.97. The summed E-state index contributed by atoms with van der Waals surface area (Å²) in [5, 5.41) is 5.57. The fourth-order valence-corrected chi connectivity index (χ4v) is 3.38. The Kier molecular flexibility index (Phi) is 10.0. The Labute approximate surface area is 214 Å². The van der Waals surface area contributed by atoms with E-state index in [2.05, 4.69) is 36.4 Å². The van der Waals surface area contributed by atoms with Crippen LogP contribution >= 0.6 is 0 Å². The molecule has 8 nitrogen and oxygen atoms in total. The summed E-state index contributed by atoms with van der Waals surface area (Å²) in [6.07, 6.45) is 3.49. The summed E-state index contributed by atoms with van der Waals surface area (Å²) in [6, 6.07) is 10.4. The van der Waals surface area contributed by atoms with Gasteiger partial charge in [0.1, 0.15) is 11.6 Å². The molecule has 1 heterocycles. The van der Waals surface area contributed by atoms with Crippen LogP contribution in [-0.2, 0) is 21.5 Å². The van der Waals surface area contributed by atoms with E-state index in [4.69, 9.17) is 4.74 Å². The molecule has 0 aliphatic carbocycles. The number of hydrogen-bond donors (Lipinski definition) is 2. The molecule has 2 rings (SSSR count). The Hall–Kier alpha value is -3.42. The lowest BCUT2D eigenvalue weighted by Gasteiger charge is -2.27. The second-order valence-electron chi connectivity index (χ2n) is 10.9. The minimum absolute atomic E-state index is 0.000764. The smallest absolute Gasteiger partial charge is 0.410 e. The molecule has 0 fully saturated rings. The minimum atomic E-state index is -0.697. The monoisotopic (exact) mass is 496 g/mol. The van der Waals surface area contributed by atoms with E-state index in [0.29, 0.717) is 31.6 Å². The molecular weight excluding hydrogens is 456 g/mol. The highest BCUT2D eigenvalue weighted by Gasteiger charge is 2.23. The predicted octanol–water partition coefficient (Wildman–Crippen LogP) is 4.44. The number of nitrogens with one attached hydrogen (secondary N) is 2. The number of benzene rings is 1. The summed E-state index contributed by atoms with van der Waals surface area (Å²) in [4.78, 5) is 43.4. The zero-order valence-corrected chi connectivity index (χ0v) is 22.6. The first kappa shape index (κ1) is 28.8. The molecule has 196 valence electrons. The van der Waals surface area contributed by atoms with Crippen LogP contribution in [0.1, 0.15) is 76.4 Å². The van der Waals surface area contributed by atoms with Crippen molar-refractivity contribution in [1.82, 2.24) is 20.5 Å². The summed E-state index contributed by atoms with van der Waals surface area (Å²) < 4.78 is 5.53. The number of aromatic nitrogens is 1. The second kappa shape index (κ2) is 12.5. The van der Waals surface area contributed by atoms with Crippen molar-refractivity contribution >= 4 is 17.9 Å². The molecule has 0 bridgehead atoms. The molecule has 1 aromatic heterocycles. The van der Waals surface area contributed by atoms with Gasteiger partial charge in [0, 0.05) is 31.0 Å². The maximum Gasteiger partial charge on any atom is 0.410 e. The van der Waals surface area contributed by atoms with E-state index in [0.717, 1.165) is 11.1 Å². The van der Waals surface area contributed by atoms with Gasteiger partial charge >= 0.3 is 6.09 Å². The van der Waals surface area contributed by atoms with Crippen LogP contribution in [0.25, 0.3) is 0 Å². The largest absolute Gasteiger partial charge is 0.444 e. The maximum absolute atomic E-state index is 12.7. The average Bonchev–Trinajstić information content (AvgIpc) is 2.79. The van der Waals surface area contributed by atoms with E-state index in [1.807, 2.05) is 45.0 Å². The first-order valence-corrected chi connectivity index (χ1v) is 12.3. The summed E-state index contributed by atoms with van der Waals surface area (Å²) in [7, 11) is 0. The lowest BCUT2D eigenvalue weighted by Crippen LogP contribution is -2.45. The van der Waals surface area contributed by atoms with Gasteiger partial charge in [0.05, 0.1) is 6.54 Å². The summed E-state index contributed by atoms with van der Waals surface area (Å²) in [6.45, 7) is 14.5. The molecule has 0 spiro atoms. The van der Waals surface area contributed by atoms with Gasteiger partial charge in [-0.1, -0.05) is 39.0 Å². The molecule has 3 amide bonds. The van der Waals surface area contributed by atoms with Crippen molar-refractivity contribution in [2.75, 3.05) is 13.1 Å². The molecule has 0 aliphatic rings. The Morgan fingerprint density at radius 2 is 1.69 bits per heavy atom. The van der Waals surface area contributed by atoms with Crippen molar-refractivity contribution in [3.8, 4) is 0 Å². The van der Waals surface area contributed by atoms with Crippen molar-refractivity contribution in [2.24, 2.45) is 0 Å². The van der Waals surface area contributed by atoms with Gasteiger partial charge < -0.3 is 20.3 Å². The SMILES string of the molecule is CC(NC(=O)c1ccc(C(C)(C)C)cc1)C(=O)NCCCN(Cc1cccnc1)C(=O)OC(C)(C)C. The number of nitrogens with zero attached hydrogens (tertiary/aromatic N) is 2. The van der Waals surface area contributed by atoms with Crippen LogP contribution < -0.4 is 10.6 Å². The standard InChI is InChI=1S/C28H40N4O4/c1-20(31-25(34)22-11-13-23(14-12-22)27(2,3)4)24(33)30-16-9-17-32(26(35)36-28(5,6)7)19-21-10-8-15-29-18-21/h8,10-15,18,20H,9,16-17,19H2,1-7H3,(H,30,33)(H,31,34). The number of ether oxygens (including phenoxy) is 1. The predicted molar refractivity (Wildman–Crippen MR) is 141 cm³/mol. The van der Waals surface area contributed by atoms with Crippen molar-refractivity contribution in [3.63, 3.8) is 0 Å². The van der Waals surface area contributed by atoms with Gasteiger partial charge in [-0.15, -0.1) is 0 Å². The van der Waals surface area contributed by atoms with Gasteiger partial charge in [-0.05, 0) is 68.9 Å². The number of amides is 3. The van der Waals surface area contributed by atoms with Gasteiger partial charge in [-0.3, -0.25) is 14.6 Å². The number of carbonyl (C=O) groups is 3. The third-order valence-corrected chi connectivity index (χ3v) is 5.41. The number of hydrogen-bond acceptors (Lipinski definition) is 5. The molecule has 1 aromatic carbocycles. The van der Waals surface area contributed by atoms with Crippen LogP contribution in [0.3, 0.4) is 0 Å². The van der Waals surface area contributed by atoms with Crippen molar-refractivity contribution in [2.45, 2.75) is 78.5 Å². The van der Waals surface area contributed by atoms with E-state index in [-0.39, 0.29) is 17.2 Å². The normalized spacial score (nSPS) is 12.4. The second-order valence-corrected chi connectivity index (χ2v) is 10.9. The minimum Gasteiger partial charge on any atom is -0.444 e. The maximum atomic E-state index is 12.7. The van der Waals surface area contributed by atoms with Crippen LogP contribution in [0, 0.1) is 0 Å². The van der Waals surface area contributed by atoms with E-state index in [1.54, 1.807) is 36.4 Å². The van der Waals surface area contributed by atoms with Crippen molar-refractivity contribution < 1.29 is 19.1 Å². The Morgan fingerprint density at radius 1 is 1.03 bits per heavy atom. The Balaban J connectivity index is 1.85. The Morgan fingerprint density at radius 3 is 2.25 bits per heavy atom. The van der Waals surface area contributed by atoms with Crippen LogP contribution in [0.2, 0.25) is 0 Å². The van der Waals surface area contributed by atoms with Gasteiger partial charge in [-0.2, -0.15) is 0 Å². The third-order valence-electron chi connectivity index (χ3n) is 5.41. The molecule has 2 N–H and O–H groups in total. The van der Waals surface area contributed by atoms with E-state index in [1.165, 1.54) is 0 Å². The summed E-state index contributed by atoms with van der Waals surface area (Å²) in [5.74, 6) is -0.587. The molecule has 2 aromatic rings. The zero-order valence-electron chi connectivity index (χ0n) is 22.6. The molecule has 8 heteroatoms. The quantitative estimate of drug-likeness (QED) is 0.500. The number of rotatable bonds is 9.